The van der Waals surface area contributed by atoms with Crippen molar-refractivity contribution in [3.05, 3.63) is 94.5 Å². The fourth-order valence-corrected chi connectivity index (χ4v) is 4.32. The van der Waals surface area contributed by atoms with Crippen molar-refractivity contribution >= 4 is 27.6 Å². The van der Waals surface area contributed by atoms with E-state index in [0.29, 0.717) is 22.2 Å². The van der Waals surface area contributed by atoms with E-state index in [-0.39, 0.29) is 24.2 Å². The maximum atomic E-state index is 13.0. The lowest BCUT2D eigenvalue weighted by atomic mass is 10.1. The topological polar surface area (TPSA) is 63.7 Å². The molecule has 0 saturated carbocycles. The molecule has 0 aliphatic heterocycles. The Morgan fingerprint density at radius 3 is 2.24 bits per heavy atom. The average molecular weight is 512 g/mol. The molecular weight excluding hydrogens is 491 g/mol. The smallest absolute Gasteiger partial charge is 0.379 e. The third-order valence-corrected chi connectivity index (χ3v) is 6.49. The van der Waals surface area contributed by atoms with Crippen LogP contribution in [0.2, 0.25) is 5.02 Å². The number of nitrogens with zero attached hydrogens (tertiary/aromatic N) is 1. The lowest BCUT2D eigenvalue weighted by Crippen LogP contribution is -2.36. The summed E-state index contributed by atoms with van der Waals surface area (Å²) in [6.45, 7) is 3.93. The normalized spacial score (nSPS) is 12.0. The predicted molar refractivity (Wildman–Crippen MR) is 122 cm³/mol. The van der Waals surface area contributed by atoms with Crippen molar-refractivity contribution < 1.29 is 30.6 Å². The Morgan fingerprint density at radius 2 is 1.65 bits per heavy atom. The SMILES string of the molecule is CC(C)N(Cc1ccc(OS(=O)(=O)c2cccc(C(F)(F)F)c2)cc1)C(=O)c1ccccc1Cl. The van der Waals surface area contributed by atoms with Crippen molar-refractivity contribution in [1.82, 2.24) is 4.90 Å². The molecule has 0 heterocycles. The second kappa shape index (κ2) is 10.1. The number of hydrogen-bond donors (Lipinski definition) is 0. The van der Waals surface area contributed by atoms with E-state index < -0.39 is 26.8 Å². The third kappa shape index (κ3) is 6.09. The lowest BCUT2D eigenvalue weighted by molar-refractivity contribution is -0.137. The van der Waals surface area contributed by atoms with Gasteiger partial charge in [0.2, 0.25) is 0 Å². The lowest BCUT2D eigenvalue weighted by Gasteiger charge is -2.27. The molecule has 0 fully saturated rings. The van der Waals surface area contributed by atoms with E-state index in [1.54, 1.807) is 41.3 Å². The number of rotatable bonds is 7. The summed E-state index contributed by atoms with van der Waals surface area (Å²) in [6.07, 6.45) is -4.68. The Labute approximate surface area is 200 Å². The second-order valence-corrected chi connectivity index (χ2v) is 9.67. The molecule has 0 atom stereocenters. The van der Waals surface area contributed by atoms with Crippen LogP contribution in [-0.4, -0.2) is 25.3 Å². The molecule has 34 heavy (non-hydrogen) atoms. The fourth-order valence-electron chi connectivity index (χ4n) is 3.13. The van der Waals surface area contributed by atoms with Gasteiger partial charge in [-0.05, 0) is 61.9 Å². The van der Waals surface area contributed by atoms with Crippen molar-refractivity contribution in [1.29, 1.82) is 0 Å². The van der Waals surface area contributed by atoms with Crippen molar-refractivity contribution in [3.63, 3.8) is 0 Å². The summed E-state index contributed by atoms with van der Waals surface area (Å²) in [5.41, 5.74) is -0.0348. The van der Waals surface area contributed by atoms with Crippen LogP contribution >= 0.6 is 11.6 Å². The minimum atomic E-state index is -4.68. The number of hydrogen-bond acceptors (Lipinski definition) is 4. The summed E-state index contributed by atoms with van der Waals surface area (Å²) in [4.78, 5) is 14.0. The predicted octanol–water partition coefficient (Wildman–Crippen LogP) is 6.18. The van der Waals surface area contributed by atoms with Crippen molar-refractivity contribution in [2.24, 2.45) is 0 Å². The first-order valence-electron chi connectivity index (χ1n) is 10.1. The van der Waals surface area contributed by atoms with E-state index in [1.807, 2.05) is 13.8 Å². The molecule has 0 bridgehead atoms. The molecule has 1 amide bonds. The molecule has 0 aromatic heterocycles. The molecule has 0 spiro atoms. The molecule has 10 heteroatoms. The van der Waals surface area contributed by atoms with Gasteiger partial charge in [-0.25, -0.2) is 0 Å². The Kier molecular flexibility index (Phi) is 7.57. The maximum Gasteiger partial charge on any atom is 0.416 e. The molecule has 0 radical (unpaired) electrons. The van der Waals surface area contributed by atoms with E-state index in [9.17, 15) is 26.4 Å². The number of amides is 1. The third-order valence-electron chi connectivity index (χ3n) is 4.92. The number of benzene rings is 3. The summed E-state index contributed by atoms with van der Waals surface area (Å²) in [5, 5.41) is 0.335. The first-order valence-corrected chi connectivity index (χ1v) is 11.9. The fraction of sp³-hybridized carbons (Fsp3) is 0.208. The quantitative estimate of drug-likeness (QED) is 0.355. The summed E-state index contributed by atoms with van der Waals surface area (Å²) >= 11 is 6.16. The minimum absolute atomic E-state index is 0.0744. The van der Waals surface area contributed by atoms with Crippen LogP contribution < -0.4 is 4.18 Å². The summed E-state index contributed by atoms with van der Waals surface area (Å²) in [5.74, 6) is -0.331. The summed E-state index contributed by atoms with van der Waals surface area (Å²) in [7, 11) is -4.48. The highest BCUT2D eigenvalue weighted by Crippen LogP contribution is 2.31. The highest BCUT2D eigenvalue weighted by atomic mass is 35.5. The van der Waals surface area contributed by atoms with Crippen LogP contribution in [0.4, 0.5) is 13.2 Å². The van der Waals surface area contributed by atoms with Crippen LogP contribution in [0.15, 0.2) is 77.7 Å². The van der Waals surface area contributed by atoms with E-state index in [4.69, 9.17) is 15.8 Å². The molecule has 0 aliphatic carbocycles. The standard InChI is InChI=1S/C24H21ClF3NO4S/c1-16(2)29(23(30)21-8-3-4-9-22(21)25)15-17-10-12-19(13-11-17)33-34(31,32)20-7-5-6-18(14-20)24(26,27)28/h3-14,16H,15H2,1-2H3. The van der Waals surface area contributed by atoms with Crippen LogP contribution in [0.25, 0.3) is 0 Å². The Morgan fingerprint density at radius 1 is 1.00 bits per heavy atom. The van der Waals surface area contributed by atoms with Gasteiger partial charge in [-0.3, -0.25) is 4.79 Å². The number of carbonyl (C=O) groups excluding carboxylic acids is 1. The van der Waals surface area contributed by atoms with Crippen LogP contribution in [0.1, 0.15) is 35.3 Å². The molecule has 3 aromatic rings. The molecule has 0 unspecified atom stereocenters. The zero-order valence-electron chi connectivity index (χ0n) is 18.2. The van der Waals surface area contributed by atoms with E-state index in [2.05, 4.69) is 0 Å². The highest BCUT2D eigenvalue weighted by molar-refractivity contribution is 7.87. The van der Waals surface area contributed by atoms with Gasteiger partial charge in [0.25, 0.3) is 5.91 Å². The largest absolute Gasteiger partial charge is 0.416 e. The zero-order chi connectivity index (χ0) is 25.1. The Hall–Kier alpha value is -3.04. The van der Waals surface area contributed by atoms with Crippen LogP contribution in [0, 0.1) is 0 Å². The van der Waals surface area contributed by atoms with Gasteiger partial charge in [0.15, 0.2) is 0 Å². The van der Waals surface area contributed by atoms with E-state index in [0.717, 1.165) is 18.2 Å². The van der Waals surface area contributed by atoms with Crippen LogP contribution in [-0.2, 0) is 22.8 Å². The van der Waals surface area contributed by atoms with Crippen LogP contribution in [0.5, 0.6) is 5.75 Å². The molecule has 0 N–H and O–H groups in total. The molecule has 3 rings (SSSR count). The summed E-state index contributed by atoms with van der Waals surface area (Å²) < 4.78 is 68.6. The first kappa shape index (κ1) is 25.6. The Balaban J connectivity index is 1.77. The van der Waals surface area contributed by atoms with Gasteiger partial charge in [0, 0.05) is 12.6 Å². The van der Waals surface area contributed by atoms with Crippen molar-refractivity contribution in [3.8, 4) is 5.75 Å². The first-order chi connectivity index (χ1) is 15.9. The molecule has 5 nitrogen and oxygen atoms in total. The van der Waals surface area contributed by atoms with Gasteiger partial charge in [0.1, 0.15) is 10.6 Å². The van der Waals surface area contributed by atoms with Crippen molar-refractivity contribution in [2.45, 2.75) is 37.5 Å². The molecule has 180 valence electrons. The van der Waals surface area contributed by atoms with Gasteiger partial charge in [-0.15, -0.1) is 0 Å². The van der Waals surface area contributed by atoms with Gasteiger partial charge in [0.05, 0.1) is 16.1 Å². The highest BCUT2D eigenvalue weighted by Gasteiger charge is 2.32. The molecule has 0 saturated heterocycles. The minimum Gasteiger partial charge on any atom is -0.379 e. The van der Waals surface area contributed by atoms with Crippen molar-refractivity contribution in [2.75, 3.05) is 0 Å². The zero-order valence-corrected chi connectivity index (χ0v) is 19.8. The van der Waals surface area contributed by atoms with Gasteiger partial charge in [-0.1, -0.05) is 41.9 Å². The summed E-state index contributed by atoms with van der Waals surface area (Å²) in [6, 6.07) is 15.8. The monoisotopic (exact) mass is 511 g/mol. The van der Waals surface area contributed by atoms with Gasteiger partial charge >= 0.3 is 16.3 Å². The average Bonchev–Trinajstić information content (AvgIpc) is 2.77. The van der Waals surface area contributed by atoms with Gasteiger partial charge in [-0.2, -0.15) is 21.6 Å². The Bertz CT molecular complexity index is 1280. The van der Waals surface area contributed by atoms with E-state index >= 15 is 0 Å². The molecular formula is C24H21ClF3NO4S. The number of halogens is 4. The number of carbonyl (C=O) groups is 1. The van der Waals surface area contributed by atoms with Gasteiger partial charge < -0.3 is 9.08 Å². The molecule has 3 aromatic carbocycles. The maximum absolute atomic E-state index is 13.0. The molecule has 0 aliphatic rings. The van der Waals surface area contributed by atoms with E-state index in [1.165, 1.54) is 12.1 Å². The number of alkyl halides is 3. The van der Waals surface area contributed by atoms with Crippen LogP contribution in [0.3, 0.4) is 0 Å². The second-order valence-electron chi connectivity index (χ2n) is 7.71.